The molecule has 1 aromatic carbocycles. The number of thiocarbonyl (C=S) groups is 1. The van der Waals surface area contributed by atoms with Crippen LogP contribution in [0.5, 0.6) is 0 Å². The van der Waals surface area contributed by atoms with E-state index in [-0.39, 0.29) is 18.0 Å². The lowest BCUT2D eigenvalue weighted by Crippen LogP contribution is -2.32. The number of carbonyl (C=O) groups excluding carboxylic acids is 1. The lowest BCUT2D eigenvalue weighted by molar-refractivity contribution is -0.116. The number of anilines is 1. The molecule has 0 spiro atoms. The summed E-state index contributed by atoms with van der Waals surface area (Å²) in [5.41, 5.74) is 6.17. The Morgan fingerprint density at radius 2 is 1.97 bits per heavy atom. The number of hydrogen-bond donors (Lipinski definition) is 2. The number of carbonyl (C=O) groups is 1. The highest BCUT2D eigenvalue weighted by atomic mass is 32.1. The maximum atomic E-state index is 12.8. The van der Waals surface area contributed by atoms with E-state index < -0.39 is 0 Å². The zero-order valence-corrected chi connectivity index (χ0v) is 22.1. The summed E-state index contributed by atoms with van der Waals surface area (Å²) in [4.78, 5) is 24.1. The number of aryl methyl sites for hydroxylation is 2. The summed E-state index contributed by atoms with van der Waals surface area (Å²) < 4.78 is 2.18. The number of benzene rings is 1. The molecule has 2 atom stereocenters. The molecule has 0 aliphatic carbocycles. The highest BCUT2D eigenvalue weighted by molar-refractivity contribution is 7.80. The molecule has 1 amide bonds. The molecular weight excluding hydrogens is 488 g/mol. The second kappa shape index (κ2) is 10.2. The van der Waals surface area contributed by atoms with E-state index in [9.17, 15) is 4.79 Å². The Morgan fingerprint density at radius 3 is 2.69 bits per heavy atom. The first-order valence-corrected chi connectivity index (χ1v) is 13.1. The van der Waals surface area contributed by atoms with Gasteiger partial charge in [0.15, 0.2) is 10.2 Å². The molecule has 4 aromatic rings. The Balaban J connectivity index is 1.45. The molecule has 1 aliphatic heterocycles. The predicted octanol–water partition coefficient (Wildman–Crippen LogP) is 5.26. The third-order valence-corrected chi connectivity index (χ3v) is 7.59. The van der Waals surface area contributed by atoms with Gasteiger partial charge in [0.25, 0.3) is 0 Å². The van der Waals surface area contributed by atoms with E-state index in [2.05, 4.69) is 50.0 Å². The first-order valence-electron chi connectivity index (χ1n) is 11.9. The topological polar surface area (TPSA) is 75.1 Å². The van der Waals surface area contributed by atoms with Crippen molar-refractivity contribution in [3.8, 4) is 5.13 Å². The number of hydrogen-bond acceptors (Lipinski definition) is 5. The molecule has 2 N–H and O–H groups in total. The first-order chi connectivity index (χ1) is 17.4. The molecule has 184 valence electrons. The standard InChI is InChI=1S/C27H28N6OS2/c1-17-7-6-8-20(15-17)30-23(34)10-13-32-25(24(31-26(32)35)22-9-4-5-11-28-22)21-16-18(2)33(19(21)3)27-29-12-14-36-27/h4-9,11-12,14-16,24-25H,10,13H2,1-3H3,(H,30,34)(H,31,35). The Bertz CT molecular complexity index is 1380. The maximum absolute atomic E-state index is 12.8. The summed E-state index contributed by atoms with van der Waals surface area (Å²) in [5.74, 6) is -0.0447. The fraction of sp³-hybridized carbons (Fsp3) is 0.259. The summed E-state index contributed by atoms with van der Waals surface area (Å²) in [5, 5.41) is 10.0. The van der Waals surface area contributed by atoms with Gasteiger partial charge in [-0.2, -0.15) is 0 Å². The van der Waals surface area contributed by atoms with Crippen molar-refractivity contribution in [3.63, 3.8) is 0 Å². The minimum Gasteiger partial charge on any atom is -0.352 e. The molecule has 0 bridgehead atoms. The van der Waals surface area contributed by atoms with Gasteiger partial charge in [-0.25, -0.2) is 4.98 Å². The van der Waals surface area contributed by atoms with Crippen molar-refractivity contribution in [1.82, 2.24) is 24.8 Å². The number of nitrogens with zero attached hydrogens (tertiary/aromatic N) is 4. The van der Waals surface area contributed by atoms with Crippen molar-refractivity contribution in [2.24, 2.45) is 0 Å². The summed E-state index contributed by atoms with van der Waals surface area (Å²) in [6.45, 7) is 6.70. The van der Waals surface area contributed by atoms with Crippen LogP contribution in [0.4, 0.5) is 5.69 Å². The van der Waals surface area contributed by atoms with Crippen LogP contribution in [0.3, 0.4) is 0 Å². The molecule has 0 radical (unpaired) electrons. The average molecular weight is 517 g/mol. The fourth-order valence-electron chi connectivity index (χ4n) is 4.86. The summed E-state index contributed by atoms with van der Waals surface area (Å²) in [6, 6.07) is 15.7. The lowest BCUT2D eigenvalue weighted by Gasteiger charge is -2.28. The predicted molar refractivity (Wildman–Crippen MR) is 147 cm³/mol. The van der Waals surface area contributed by atoms with E-state index in [0.717, 1.165) is 39.0 Å². The third kappa shape index (κ3) is 4.76. The average Bonchev–Trinajstić information content (AvgIpc) is 3.56. The number of thiazole rings is 1. The normalized spacial score (nSPS) is 17.3. The zero-order chi connectivity index (χ0) is 25.2. The van der Waals surface area contributed by atoms with Gasteiger partial charge in [-0.15, -0.1) is 11.3 Å². The fourth-order valence-corrected chi connectivity index (χ4v) is 5.94. The van der Waals surface area contributed by atoms with Crippen LogP contribution in [0.2, 0.25) is 0 Å². The van der Waals surface area contributed by atoms with Gasteiger partial charge in [-0.1, -0.05) is 18.2 Å². The maximum Gasteiger partial charge on any atom is 0.226 e. The quantitative estimate of drug-likeness (QED) is 0.327. The van der Waals surface area contributed by atoms with Gasteiger partial charge in [0, 0.05) is 47.8 Å². The number of aromatic nitrogens is 3. The summed E-state index contributed by atoms with van der Waals surface area (Å²) in [6.07, 6.45) is 3.93. The molecule has 1 saturated heterocycles. The molecule has 36 heavy (non-hydrogen) atoms. The Morgan fingerprint density at radius 1 is 1.11 bits per heavy atom. The SMILES string of the molecule is Cc1cccc(NC(=O)CCN2C(=S)NC(c3ccccn3)C2c2cc(C)n(-c3nccs3)c2C)c1. The number of nitrogens with one attached hydrogen (secondary N) is 2. The van der Waals surface area contributed by atoms with Gasteiger partial charge >= 0.3 is 0 Å². The highest BCUT2D eigenvalue weighted by Crippen LogP contribution is 2.41. The van der Waals surface area contributed by atoms with E-state index in [4.69, 9.17) is 12.2 Å². The first kappa shape index (κ1) is 24.1. The lowest BCUT2D eigenvalue weighted by atomic mass is 9.96. The molecular formula is C27H28N6OS2. The Kier molecular flexibility index (Phi) is 6.84. The van der Waals surface area contributed by atoms with Gasteiger partial charge in [0.05, 0.1) is 17.8 Å². The number of rotatable bonds is 7. The molecule has 0 saturated carbocycles. The van der Waals surface area contributed by atoms with Crippen molar-refractivity contribution >= 4 is 40.3 Å². The summed E-state index contributed by atoms with van der Waals surface area (Å²) in [7, 11) is 0. The minimum atomic E-state index is -0.135. The van der Waals surface area contributed by atoms with Crippen LogP contribution in [0.1, 0.15) is 46.7 Å². The van der Waals surface area contributed by atoms with Crippen molar-refractivity contribution in [1.29, 1.82) is 0 Å². The van der Waals surface area contributed by atoms with Gasteiger partial charge in [-0.3, -0.25) is 14.3 Å². The molecule has 1 fully saturated rings. The Labute approximate surface area is 220 Å². The van der Waals surface area contributed by atoms with Crippen LogP contribution in [-0.2, 0) is 4.79 Å². The van der Waals surface area contributed by atoms with Crippen LogP contribution in [0.25, 0.3) is 5.13 Å². The smallest absolute Gasteiger partial charge is 0.226 e. The van der Waals surface area contributed by atoms with Gasteiger partial charge < -0.3 is 15.5 Å². The van der Waals surface area contributed by atoms with Crippen LogP contribution < -0.4 is 10.6 Å². The van der Waals surface area contributed by atoms with Crippen LogP contribution in [-0.4, -0.2) is 37.0 Å². The van der Waals surface area contributed by atoms with E-state index >= 15 is 0 Å². The van der Waals surface area contributed by atoms with E-state index in [1.807, 2.05) is 61.0 Å². The van der Waals surface area contributed by atoms with E-state index in [1.54, 1.807) is 17.5 Å². The minimum absolute atomic E-state index is 0.0447. The molecule has 7 nitrogen and oxygen atoms in total. The molecule has 9 heteroatoms. The highest BCUT2D eigenvalue weighted by Gasteiger charge is 2.41. The van der Waals surface area contributed by atoms with E-state index in [0.29, 0.717) is 18.1 Å². The molecule has 2 unspecified atom stereocenters. The molecule has 1 aliphatic rings. The second-order valence-electron chi connectivity index (χ2n) is 8.96. The Hall–Kier alpha value is -3.56. The van der Waals surface area contributed by atoms with E-state index in [1.165, 1.54) is 0 Å². The molecule has 5 rings (SSSR count). The molecule has 4 heterocycles. The van der Waals surface area contributed by atoms with Gasteiger partial charge in [-0.05, 0) is 74.4 Å². The second-order valence-corrected chi connectivity index (χ2v) is 10.2. The number of amides is 1. The third-order valence-electron chi connectivity index (χ3n) is 6.48. The van der Waals surface area contributed by atoms with Crippen molar-refractivity contribution in [2.75, 3.05) is 11.9 Å². The van der Waals surface area contributed by atoms with Crippen molar-refractivity contribution in [2.45, 2.75) is 39.3 Å². The number of pyridine rings is 1. The van der Waals surface area contributed by atoms with Crippen molar-refractivity contribution in [3.05, 3.63) is 94.5 Å². The van der Waals surface area contributed by atoms with Crippen LogP contribution in [0.15, 0.2) is 66.3 Å². The zero-order valence-electron chi connectivity index (χ0n) is 20.4. The summed E-state index contributed by atoms with van der Waals surface area (Å²) >= 11 is 7.40. The van der Waals surface area contributed by atoms with Gasteiger partial charge in [0.2, 0.25) is 5.91 Å². The van der Waals surface area contributed by atoms with Crippen LogP contribution in [0, 0.1) is 20.8 Å². The largest absolute Gasteiger partial charge is 0.352 e. The van der Waals surface area contributed by atoms with Gasteiger partial charge in [0.1, 0.15) is 0 Å². The monoisotopic (exact) mass is 516 g/mol. The van der Waals surface area contributed by atoms with Crippen molar-refractivity contribution < 1.29 is 4.79 Å². The molecule has 3 aromatic heterocycles. The van der Waals surface area contributed by atoms with Crippen LogP contribution >= 0.6 is 23.6 Å².